The van der Waals surface area contributed by atoms with Crippen LogP contribution >= 0.6 is 0 Å². The van der Waals surface area contributed by atoms with E-state index in [1.807, 2.05) is 39.8 Å². The van der Waals surface area contributed by atoms with Crippen LogP contribution in [0.2, 0.25) is 0 Å². The first kappa shape index (κ1) is 27.4. The molecule has 1 aliphatic heterocycles. The normalized spacial score (nSPS) is 32.1. The number of aromatic nitrogens is 2. The van der Waals surface area contributed by atoms with Crippen molar-refractivity contribution in [1.82, 2.24) is 9.97 Å². The SMILES string of the molecule is C/C1=C/C(C)CC(C)C(Cc2cnco2)OC(=O)/C(C)=C\C(C)CC(C)C(Cc2cnco2)OC1=O. The molecule has 0 saturated heterocycles. The van der Waals surface area contributed by atoms with E-state index in [2.05, 4.69) is 9.97 Å². The fraction of sp³-hybridized carbons (Fsp3) is 0.571. The average Bonchev–Trinajstić information content (AvgIpc) is 3.51. The van der Waals surface area contributed by atoms with Gasteiger partial charge in [0, 0.05) is 24.0 Å². The van der Waals surface area contributed by atoms with Crippen molar-refractivity contribution in [2.24, 2.45) is 23.7 Å². The van der Waals surface area contributed by atoms with Crippen molar-refractivity contribution in [3.8, 4) is 0 Å². The summed E-state index contributed by atoms with van der Waals surface area (Å²) in [5.74, 6) is 0.843. The third kappa shape index (κ3) is 7.93. The molecule has 0 radical (unpaired) electrons. The zero-order valence-electron chi connectivity index (χ0n) is 22.1. The second kappa shape index (κ2) is 12.7. The summed E-state index contributed by atoms with van der Waals surface area (Å²) in [4.78, 5) is 34.0. The molecule has 0 aromatic carbocycles. The number of cyclic esters (lactones) is 2. The largest absolute Gasteiger partial charge is 0.458 e. The van der Waals surface area contributed by atoms with E-state index in [0.29, 0.717) is 48.3 Å². The van der Waals surface area contributed by atoms with Crippen LogP contribution in [-0.4, -0.2) is 34.1 Å². The van der Waals surface area contributed by atoms with E-state index in [0.717, 1.165) is 0 Å². The van der Waals surface area contributed by atoms with Crippen LogP contribution in [0.4, 0.5) is 0 Å². The first-order valence-corrected chi connectivity index (χ1v) is 12.7. The number of carbonyl (C=O) groups excluding carboxylic acids is 2. The van der Waals surface area contributed by atoms with Gasteiger partial charge in [-0.2, -0.15) is 0 Å². The molecule has 0 saturated carbocycles. The summed E-state index contributed by atoms with van der Waals surface area (Å²) >= 11 is 0. The van der Waals surface area contributed by atoms with Gasteiger partial charge in [-0.3, -0.25) is 0 Å². The van der Waals surface area contributed by atoms with Crippen LogP contribution in [0.5, 0.6) is 0 Å². The zero-order chi connectivity index (χ0) is 26.2. The van der Waals surface area contributed by atoms with Gasteiger partial charge in [0.1, 0.15) is 23.7 Å². The summed E-state index contributed by atoms with van der Waals surface area (Å²) in [6.45, 7) is 11.8. The van der Waals surface area contributed by atoms with Gasteiger partial charge in [0.2, 0.25) is 0 Å². The van der Waals surface area contributed by atoms with Crippen molar-refractivity contribution in [3.05, 3.63) is 60.0 Å². The molecule has 1 aliphatic rings. The molecule has 8 nitrogen and oxygen atoms in total. The van der Waals surface area contributed by atoms with Gasteiger partial charge in [-0.05, 0) is 50.4 Å². The quantitative estimate of drug-likeness (QED) is 0.509. The summed E-state index contributed by atoms with van der Waals surface area (Å²) in [6, 6.07) is 0. The number of rotatable bonds is 4. The number of oxazole rings is 2. The maximum atomic E-state index is 13.0. The Labute approximate surface area is 213 Å². The van der Waals surface area contributed by atoms with E-state index in [-0.39, 0.29) is 47.8 Å². The molecule has 0 fully saturated rings. The molecule has 0 amide bonds. The molecular weight excluding hydrogens is 460 g/mol. The highest BCUT2D eigenvalue weighted by molar-refractivity contribution is 5.88. The Bertz CT molecular complexity index is 956. The van der Waals surface area contributed by atoms with Crippen molar-refractivity contribution in [2.45, 2.75) is 79.4 Å². The summed E-state index contributed by atoms with van der Waals surface area (Å²) in [5.41, 5.74) is 1.12. The van der Waals surface area contributed by atoms with Crippen molar-refractivity contribution >= 4 is 11.9 Å². The Morgan fingerprint density at radius 1 is 0.722 bits per heavy atom. The monoisotopic (exact) mass is 498 g/mol. The molecule has 2 aromatic rings. The highest BCUT2D eigenvalue weighted by Gasteiger charge is 2.28. The van der Waals surface area contributed by atoms with Gasteiger partial charge in [-0.25, -0.2) is 19.6 Å². The molecule has 36 heavy (non-hydrogen) atoms. The fourth-order valence-corrected chi connectivity index (χ4v) is 4.86. The lowest BCUT2D eigenvalue weighted by Crippen LogP contribution is -2.30. The van der Waals surface area contributed by atoms with Crippen molar-refractivity contribution < 1.29 is 27.9 Å². The van der Waals surface area contributed by atoms with Crippen LogP contribution in [0.25, 0.3) is 0 Å². The number of hydrogen-bond donors (Lipinski definition) is 0. The molecule has 0 spiro atoms. The molecule has 3 rings (SSSR count). The third-order valence-corrected chi connectivity index (χ3v) is 6.76. The van der Waals surface area contributed by atoms with Crippen molar-refractivity contribution in [2.75, 3.05) is 0 Å². The standard InChI is InChI=1S/C28H38N2O6/c1-17-7-19(3)25(11-23-13-29-15-33-23)35-28(32)22(6)10-18(2)8-20(4)26(12-24-14-30-16-34-24)36-27(31)21(5)9-17/h9-10,13-20,25-26H,7-8,11-12H2,1-6H3/b21-9-,22-10-. The van der Waals surface area contributed by atoms with Crippen LogP contribution in [-0.2, 0) is 31.9 Å². The zero-order valence-corrected chi connectivity index (χ0v) is 22.1. The Morgan fingerprint density at radius 3 is 1.44 bits per heavy atom. The lowest BCUT2D eigenvalue weighted by atomic mass is 9.88. The number of esters is 2. The number of hydrogen-bond acceptors (Lipinski definition) is 8. The van der Waals surface area contributed by atoms with Crippen LogP contribution in [0.15, 0.2) is 57.3 Å². The van der Waals surface area contributed by atoms with Crippen LogP contribution in [0, 0.1) is 23.7 Å². The molecule has 3 heterocycles. The van der Waals surface area contributed by atoms with Gasteiger partial charge in [0.05, 0.1) is 12.4 Å². The fourth-order valence-electron chi connectivity index (χ4n) is 4.86. The molecule has 196 valence electrons. The molecule has 8 heteroatoms. The number of ether oxygens (including phenoxy) is 2. The van der Waals surface area contributed by atoms with E-state index in [9.17, 15) is 9.59 Å². The molecule has 0 aliphatic carbocycles. The summed E-state index contributed by atoms with van der Waals surface area (Å²) in [7, 11) is 0. The smallest absolute Gasteiger partial charge is 0.333 e. The van der Waals surface area contributed by atoms with Crippen LogP contribution in [0.3, 0.4) is 0 Å². The van der Waals surface area contributed by atoms with Crippen molar-refractivity contribution in [3.63, 3.8) is 0 Å². The van der Waals surface area contributed by atoms with Crippen LogP contribution in [0.1, 0.15) is 65.9 Å². The van der Waals surface area contributed by atoms with Gasteiger partial charge in [0.15, 0.2) is 12.8 Å². The van der Waals surface area contributed by atoms with E-state index >= 15 is 0 Å². The Kier molecular flexibility index (Phi) is 9.67. The Morgan fingerprint density at radius 2 is 1.11 bits per heavy atom. The number of nitrogens with zero attached hydrogens (tertiary/aromatic N) is 2. The first-order valence-electron chi connectivity index (χ1n) is 12.7. The predicted octanol–water partition coefficient (Wildman–Crippen LogP) is 5.50. The molecule has 6 unspecified atom stereocenters. The van der Waals surface area contributed by atoms with Gasteiger partial charge in [-0.1, -0.05) is 39.8 Å². The maximum absolute atomic E-state index is 13.0. The Hall–Kier alpha value is -3.16. The van der Waals surface area contributed by atoms with Gasteiger partial charge in [-0.15, -0.1) is 0 Å². The molecule has 0 N–H and O–H groups in total. The predicted molar refractivity (Wildman–Crippen MR) is 134 cm³/mol. The average molecular weight is 499 g/mol. The third-order valence-electron chi connectivity index (χ3n) is 6.76. The summed E-state index contributed by atoms with van der Waals surface area (Å²) in [5, 5.41) is 0. The van der Waals surface area contributed by atoms with E-state index < -0.39 is 0 Å². The van der Waals surface area contributed by atoms with Gasteiger partial charge < -0.3 is 18.3 Å². The van der Waals surface area contributed by atoms with E-state index in [1.54, 1.807) is 26.2 Å². The maximum Gasteiger partial charge on any atom is 0.333 e. The second-order valence-corrected chi connectivity index (χ2v) is 10.3. The highest BCUT2D eigenvalue weighted by atomic mass is 16.5. The van der Waals surface area contributed by atoms with Gasteiger partial charge in [0.25, 0.3) is 0 Å². The Balaban J connectivity index is 1.87. The topological polar surface area (TPSA) is 105 Å². The summed E-state index contributed by atoms with van der Waals surface area (Å²) < 4.78 is 22.8. The van der Waals surface area contributed by atoms with Crippen LogP contribution < -0.4 is 0 Å². The lowest BCUT2D eigenvalue weighted by molar-refractivity contribution is -0.147. The molecule has 6 atom stereocenters. The van der Waals surface area contributed by atoms with Gasteiger partial charge >= 0.3 is 11.9 Å². The minimum Gasteiger partial charge on any atom is -0.458 e. The molecular formula is C28H38N2O6. The molecule has 2 aromatic heterocycles. The minimum atomic E-state index is -0.384. The van der Waals surface area contributed by atoms with E-state index in [4.69, 9.17) is 18.3 Å². The lowest BCUT2D eigenvalue weighted by Gasteiger charge is -2.27. The number of carbonyl (C=O) groups is 2. The van der Waals surface area contributed by atoms with E-state index in [1.165, 1.54) is 12.8 Å². The minimum absolute atomic E-state index is 0.0199. The number of allylic oxidation sites excluding steroid dienone is 2. The highest BCUT2D eigenvalue weighted by Crippen LogP contribution is 2.27. The van der Waals surface area contributed by atoms with Crippen molar-refractivity contribution in [1.29, 1.82) is 0 Å². The molecule has 0 bridgehead atoms. The first-order chi connectivity index (χ1) is 17.1. The summed E-state index contributed by atoms with van der Waals surface area (Å²) in [6.07, 6.45) is 11.4. The second-order valence-electron chi connectivity index (χ2n) is 10.3.